The zero-order valence-corrected chi connectivity index (χ0v) is 9.91. The second kappa shape index (κ2) is 4.64. The number of aromatic nitrogens is 2. The van der Waals surface area contributed by atoms with Gasteiger partial charge in [0.1, 0.15) is 18.6 Å². The molecule has 1 aliphatic heterocycles. The van der Waals surface area contributed by atoms with Crippen LogP contribution in [0.2, 0.25) is 0 Å². The summed E-state index contributed by atoms with van der Waals surface area (Å²) in [6.45, 7) is 0.861. The lowest BCUT2D eigenvalue weighted by molar-refractivity contribution is 0.181. The number of halogens is 1. The maximum atomic E-state index is 13.6. The number of ether oxygens (including phenoxy) is 1. The van der Waals surface area contributed by atoms with Gasteiger partial charge in [0, 0.05) is 11.3 Å². The molecule has 1 amide bonds. The van der Waals surface area contributed by atoms with E-state index >= 15 is 0 Å². The van der Waals surface area contributed by atoms with E-state index in [1.165, 1.54) is 11.2 Å². The second-order valence-electron chi connectivity index (χ2n) is 4.04. The lowest BCUT2D eigenvalue weighted by atomic mass is 10.1. The van der Waals surface area contributed by atoms with E-state index in [4.69, 9.17) is 4.74 Å². The molecule has 5 nitrogen and oxygen atoms in total. The van der Waals surface area contributed by atoms with Gasteiger partial charge in [-0.05, 0) is 12.1 Å². The van der Waals surface area contributed by atoms with Gasteiger partial charge in [0.15, 0.2) is 5.82 Å². The van der Waals surface area contributed by atoms with E-state index in [-0.39, 0.29) is 11.8 Å². The quantitative estimate of drug-likeness (QED) is 0.830. The maximum absolute atomic E-state index is 13.6. The molecule has 0 unspecified atom stereocenters. The molecule has 2 aromatic rings. The Labute approximate surface area is 108 Å². The number of amides is 1. The fourth-order valence-corrected chi connectivity index (χ4v) is 1.97. The molecule has 6 heteroatoms. The molecule has 1 aliphatic rings. The fourth-order valence-electron chi connectivity index (χ4n) is 1.97. The summed E-state index contributed by atoms with van der Waals surface area (Å²) in [7, 11) is 0. The van der Waals surface area contributed by atoms with Crippen LogP contribution in [0.15, 0.2) is 36.8 Å². The average Bonchev–Trinajstić information content (AvgIpc) is 2.86. The number of nitrogens with zero attached hydrogens (tertiary/aromatic N) is 3. The average molecular weight is 259 g/mol. The zero-order chi connectivity index (χ0) is 13.2. The molecule has 0 saturated carbocycles. The highest BCUT2D eigenvalue weighted by molar-refractivity contribution is 5.90. The number of carbonyl (C=O) groups is 1. The summed E-state index contributed by atoms with van der Waals surface area (Å²) in [5.41, 5.74) is 1.47. The van der Waals surface area contributed by atoms with Gasteiger partial charge < -0.3 is 4.74 Å². The Morgan fingerprint density at radius 1 is 1.37 bits per heavy atom. The molecule has 0 spiro atoms. The molecular weight excluding hydrogens is 249 g/mol. The molecule has 1 fully saturated rings. The summed E-state index contributed by atoms with van der Waals surface area (Å²) in [6.07, 6.45) is 2.01. The van der Waals surface area contributed by atoms with Gasteiger partial charge in [-0.2, -0.15) is 0 Å². The van der Waals surface area contributed by atoms with Gasteiger partial charge >= 0.3 is 6.09 Å². The standard InChI is InChI=1S/C13H10FN3O2/c14-11-7-15-8-16-12(11)9-2-1-3-10(6-9)17-4-5-19-13(17)18/h1-3,6-8H,4-5H2. The smallest absolute Gasteiger partial charge is 0.414 e. The molecule has 0 radical (unpaired) electrons. The van der Waals surface area contributed by atoms with Crippen molar-refractivity contribution in [2.75, 3.05) is 18.1 Å². The van der Waals surface area contributed by atoms with E-state index in [0.29, 0.717) is 24.4 Å². The number of carbonyl (C=O) groups excluding carboxylic acids is 1. The van der Waals surface area contributed by atoms with Crippen molar-refractivity contribution >= 4 is 11.8 Å². The Balaban J connectivity index is 2.01. The van der Waals surface area contributed by atoms with E-state index in [1.807, 2.05) is 0 Å². The van der Waals surface area contributed by atoms with Crippen LogP contribution in [0.4, 0.5) is 14.9 Å². The molecule has 1 saturated heterocycles. The molecule has 0 aliphatic carbocycles. The van der Waals surface area contributed by atoms with Crippen molar-refractivity contribution in [1.29, 1.82) is 0 Å². The van der Waals surface area contributed by atoms with Crippen LogP contribution < -0.4 is 4.90 Å². The van der Waals surface area contributed by atoms with E-state index in [0.717, 1.165) is 6.20 Å². The van der Waals surface area contributed by atoms with Crippen molar-refractivity contribution in [1.82, 2.24) is 9.97 Å². The highest BCUT2D eigenvalue weighted by Crippen LogP contribution is 2.26. The van der Waals surface area contributed by atoms with Crippen LogP contribution >= 0.6 is 0 Å². The van der Waals surface area contributed by atoms with E-state index in [2.05, 4.69) is 9.97 Å². The number of hydrogen-bond acceptors (Lipinski definition) is 4. The monoisotopic (exact) mass is 259 g/mol. The van der Waals surface area contributed by atoms with Crippen LogP contribution in [0.3, 0.4) is 0 Å². The van der Waals surface area contributed by atoms with Crippen LogP contribution in [0, 0.1) is 5.82 Å². The van der Waals surface area contributed by atoms with Gasteiger partial charge in [0.2, 0.25) is 0 Å². The van der Waals surface area contributed by atoms with Gasteiger partial charge in [-0.3, -0.25) is 4.90 Å². The van der Waals surface area contributed by atoms with Crippen molar-refractivity contribution < 1.29 is 13.9 Å². The molecule has 3 rings (SSSR count). The Hall–Kier alpha value is -2.50. The number of cyclic esters (lactones) is 1. The zero-order valence-electron chi connectivity index (χ0n) is 9.91. The third kappa shape index (κ3) is 2.12. The first-order valence-electron chi connectivity index (χ1n) is 5.76. The van der Waals surface area contributed by atoms with E-state index < -0.39 is 5.82 Å². The first kappa shape index (κ1) is 11.6. The van der Waals surface area contributed by atoms with Crippen LogP contribution in [0.25, 0.3) is 11.3 Å². The second-order valence-corrected chi connectivity index (χ2v) is 4.04. The minimum atomic E-state index is -0.497. The molecular formula is C13H10FN3O2. The Bertz CT molecular complexity index is 633. The minimum absolute atomic E-state index is 0.212. The van der Waals surface area contributed by atoms with E-state index in [1.54, 1.807) is 24.3 Å². The maximum Gasteiger partial charge on any atom is 0.414 e. The fraction of sp³-hybridized carbons (Fsp3) is 0.154. The molecule has 0 bridgehead atoms. The van der Waals surface area contributed by atoms with Crippen LogP contribution in [0.1, 0.15) is 0 Å². The number of rotatable bonds is 2. The van der Waals surface area contributed by atoms with Crippen molar-refractivity contribution in [2.24, 2.45) is 0 Å². The van der Waals surface area contributed by atoms with Gasteiger partial charge in [0.25, 0.3) is 0 Å². The summed E-state index contributed by atoms with van der Waals surface area (Å²) in [5, 5.41) is 0. The molecule has 1 aromatic carbocycles. The Morgan fingerprint density at radius 3 is 3.00 bits per heavy atom. The lowest BCUT2D eigenvalue weighted by Crippen LogP contribution is -2.23. The van der Waals surface area contributed by atoms with Crippen molar-refractivity contribution in [3.05, 3.63) is 42.6 Å². The molecule has 19 heavy (non-hydrogen) atoms. The molecule has 96 valence electrons. The highest BCUT2D eigenvalue weighted by Gasteiger charge is 2.23. The van der Waals surface area contributed by atoms with Crippen LogP contribution in [-0.4, -0.2) is 29.2 Å². The first-order valence-corrected chi connectivity index (χ1v) is 5.76. The Kier molecular flexibility index (Phi) is 2.83. The van der Waals surface area contributed by atoms with Gasteiger partial charge in [-0.1, -0.05) is 12.1 Å². The SMILES string of the molecule is O=C1OCCN1c1cccc(-c2ncncc2F)c1. The molecule has 0 N–H and O–H groups in total. The van der Waals surface area contributed by atoms with Gasteiger partial charge in [-0.25, -0.2) is 19.2 Å². The largest absolute Gasteiger partial charge is 0.447 e. The normalized spacial score (nSPS) is 14.6. The third-order valence-electron chi connectivity index (χ3n) is 2.86. The number of benzene rings is 1. The predicted octanol–water partition coefficient (Wildman–Crippen LogP) is 2.24. The summed E-state index contributed by atoms with van der Waals surface area (Å²) in [6, 6.07) is 6.96. The summed E-state index contributed by atoms with van der Waals surface area (Å²) in [4.78, 5) is 20.5. The van der Waals surface area contributed by atoms with E-state index in [9.17, 15) is 9.18 Å². The Morgan fingerprint density at radius 2 is 2.26 bits per heavy atom. The summed E-state index contributed by atoms with van der Waals surface area (Å²) in [5.74, 6) is -0.497. The lowest BCUT2D eigenvalue weighted by Gasteiger charge is -2.13. The minimum Gasteiger partial charge on any atom is -0.447 e. The van der Waals surface area contributed by atoms with Gasteiger partial charge in [-0.15, -0.1) is 0 Å². The molecule has 2 heterocycles. The first-order chi connectivity index (χ1) is 9.25. The van der Waals surface area contributed by atoms with Crippen LogP contribution in [-0.2, 0) is 4.74 Å². The highest BCUT2D eigenvalue weighted by atomic mass is 19.1. The number of hydrogen-bond donors (Lipinski definition) is 0. The van der Waals surface area contributed by atoms with Crippen molar-refractivity contribution in [3.8, 4) is 11.3 Å². The topological polar surface area (TPSA) is 55.3 Å². The number of anilines is 1. The third-order valence-corrected chi connectivity index (χ3v) is 2.86. The van der Waals surface area contributed by atoms with Crippen molar-refractivity contribution in [3.63, 3.8) is 0 Å². The van der Waals surface area contributed by atoms with Crippen LogP contribution in [0.5, 0.6) is 0 Å². The molecule has 0 atom stereocenters. The van der Waals surface area contributed by atoms with Gasteiger partial charge in [0.05, 0.1) is 12.7 Å². The summed E-state index contributed by atoms with van der Waals surface area (Å²) < 4.78 is 18.5. The predicted molar refractivity (Wildman–Crippen MR) is 66.1 cm³/mol. The summed E-state index contributed by atoms with van der Waals surface area (Å²) >= 11 is 0. The molecule has 1 aromatic heterocycles. The van der Waals surface area contributed by atoms with Crippen molar-refractivity contribution in [2.45, 2.75) is 0 Å².